The fourth-order valence-electron chi connectivity index (χ4n) is 0. The Hall–Kier alpha value is 0.869. The van der Waals surface area contributed by atoms with Crippen molar-refractivity contribution in [3.8, 4) is 0 Å². The first-order valence-corrected chi connectivity index (χ1v) is 1.50. The van der Waals surface area contributed by atoms with Gasteiger partial charge in [-0.3, -0.25) is 4.21 Å². The van der Waals surface area contributed by atoms with Gasteiger partial charge in [-0.25, -0.2) is 0 Å². The predicted molar refractivity (Wildman–Crippen MR) is 22.2 cm³/mol. The van der Waals surface area contributed by atoms with Crippen molar-refractivity contribution in [3.05, 3.63) is 0 Å². The van der Waals surface area contributed by atoms with Crippen LogP contribution >= 0.6 is 0 Å². The third kappa shape index (κ3) is 96.6. The van der Waals surface area contributed by atoms with Gasteiger partial charge >= 0.3 is 0 Å². The van der Waals surface area contributed by atoms with Crippen molar-refractivity contribution in [2.45, 2.75) is 7.43 Å². The Bertz CT molecular complexity index is 33.8. The van der Waals surface area contributed by atoms with Crippen LogP contribution < -0.4 is 0 Å². The summed E-state index contributed by atoms with van der Waals surface area (Å²) in [6, 6.07) is 0. The molecule has 0 fully saturated rings. The molecule has 0 N–H and O–H groups in total. The normalized spacial score (nSPS) is 5.83. The van der Waals surface area contributed by atoms with Gasteiger partial charge in [0.2, 0.25) is 0 Å². The maximum Gasteiger partial charge on any atom is 0 e. The Balaban J connectivity index is -0.0000000450. The molecule has 3 nitrogen and oxygen atoms in total. The summed E-state index contributed by atoms with van der Waals surface area (Å²) in [4.78, 5) is 0. The van der Waals surface area contributed by atoms with Gasteiger partial charge in [0.25, 0.3) is 0 Å². The molecule has 0 saturated carbocycles. The van der Waals surface area contributed by atoms with Crippen molar-refractivity contribution in [2.24, 2.45) is 0 Å². The average Bonchev–Trinajstić information content (AvgIpc) is 0.811. The first-order valence-electron chi connectivity index (χ1n) is 0.500. The van der Waals surface area contributed by atoms with Crippen LogP contribution in [0.25, 0.3) is 0 Å². The molecule has 0 heterocycles. The Morgan fingerprint density at radius 2 is 1.33 bits per heavy atom. The Labute approximate surface area is 56.2 Å². The van der Waals surface area contributed by atoms with Gasteiger partial charge in [-0.15, -0.1) is 11.4 Å². The second-order valence-electron chi connectivity index (χ2n) is 0.204. The first kappa shape index (κ1) is 15.8. The van der Waals surface area contributed by atoms with Crippen LogP contribution in [0.2, 0.25) is 0 Å². The van der Waals surface area contributed by atoms with Crippen molar-refractivity contribution in [1.29, 1.82) is 0 Å². The number of hydrogen-bond donors (Lipinski definition) is 0. The van der Waals surface area contributed by atoms with Crippen molar-refractivity contribution < 1.29 is 13.3 Å². The molecule has 5 heteroatoms. The summed E-state index contributed by atoms with van der Waals surface area (Å²) in [6.45, 7) is 0. The van der Waals surface area contributed by atoms with Crippen LogP contribution in [0.4, 0.5) is 0 Å². The van der Waals surface area contributed by atoms with Crippen molar-refractivity contribution in [3.63, 3.8) is 0 Å². The van der Waals surface area contributed by atoms with Crippen LogP contribution in [0.3, 0.4) is 0 Å². The van der Waals surface area contributed by atoms with E-state index in [1.807, 2.05) is 0 Å². The zero-order valence-corrected chi connectivity index (χ0v) is 5.80. The van der Waals surface area contributed by atoms with E-state index in [4.69, 9.17) is 13.3 Å². The van der Waals surface area contributed by atoms with E-state index in [1.165, 1.54) is 0 Å². The van der Waals surface area contributed by atoms with Gasteiger partial charge in [0.15, 0.2) is 0 Å². The van der Waals surface area contributed by atoms with E-state index in [0.717, 1.165) is 0 Å². The molecule has 0 amide bonds. The van der Waals surface area contributed by atoms with E-state index in [9.17, 15) is 0 Å². The monoisotopic (exact) mass is 216 g/mol. The standard InChI is InChI=1S/CH4.H2O3S.Sn/c;1-4(2)3;/h1H4;(H2,1,2,3);/p-2. The summed E-state index contributed by atoms with van der Waals surface area (Å²) >= 11 is -3.11. The van der Waals surface area contributed by atoms with E-state index in [-0.39, 0.29) is 31.3 Å². The van der Waals surface area contributed by atoms with Gasteiger partial charge < -0.3 is 9.11 Å². The van der Waals surface area contributed by atoms with Crippen LogP contribution in [-0.2, 0) is 11.4 Å². The molecular formula is CH4O3SSn-2. The van der Waals surface area contributed by atoms with Crippen LogP contribution in [0.15, 0.2) is 0 Å². The van der Waals surface area contributed by atoms with Gasteiger partial charge in [0.1, 0.15) is 0 Å². The van der Waals surface area contributed by atoms with Crippen LogP contribution in [0.5, 0.6) is 0 Å². The molecule has 0 aromatic heterocycles. The summed E-state index contributed by atoms with van der Waals surface area (Å²) in [6.07, 6.45) is 0. The maximum atomic E-state index is 8.44. The second kappa shape index (κ2) is 9.29. The van der Waals surface area contributed by atoms with E-state index >= 15 is 0 Å². The van der Waals surface area contributed by atoms with E-state index in [2.05, 4.69) is 0 Å². The summed E-state index contributed by atoms with van der Waals surface area (Å²) in [5.74, 6) is 0. The molecule has 0 spiro atoms. The molecule has 0 aliphatic carbocycles. The van der Waals surface area contributed by atoms with Gasteiger partial charge in [-0.2, -0.15) is 0 Å². The fraction of sp³-hybridized carbons (Fsp3) is 1.00. The molecule has 0 saturated heterocycles. The largest absolute Gasteiger partial charge is 0.784 e. The Kier molecular flexibility index (Phi) is 24.5. The first-order chi connectivity index (χ1) is 1.73. The third-order valence-electron chi connectivity index (χ3n) is 0. The summed E-state index contributed by atoms with van der Waals surface area (Å²) in [5, 5.41) is 0. The van der Waals surface area contributed by atoms with Gasteiger partial charge in [-0.05, 0) is 0 Å². The van der Waals surface area contributed by atoms with Crippen LogP contribution in [0, 0.1) is 0 Å². The van der Waals surface area contributed by atoms with Crippen molar-refractivity contribution in [2.75, 3.05) is 0 Å². The summed E-state index contributed by atoms with van der Waals surface area (Å²) in [7, 11) is 0. The summed E-state index contributed by atoms with van der Waals surface area (Å²) in [5.41, 5.74) is 0. The molecule has 0 rings (SSSR count). The van der Waals surface area contributed by atoms with Crippen molar-refractivity contribution >= 4 is 35.3 Å². The number of hydrogen-bond acceptors (Lipinski definition) is 3. The predicted octanol–water partition coefficient (Wildman–Crippen LogP) is -0.749. The maximum absolute atomic E-state index is 8.44. The van der Waals surface area contributed by atoms with Crippen LogP contribution in [-0.4, -0.2) is 37.2 Å². The SMILES string of the molecule is C.O=S([O-])[O-].[Sn]. The average molecular weight is 215 g/mol. The second-order valence-corrected chi connectivity index (χ2v) is 0.612. The zero-order valence-electron chi connectivity index (χ0n) is 2.13. The van der Waals surface area contributed by atoms with Gasteiger partial charge in [-0.1, -0.05) is 7.43 Å². The van der Waals surface area contributed by atoms with E-state index in [0.29, 0.717) is 0 Å². The molecule has 0 aromatic carbocycles. The third-order valence-corrected chi connectivity index (χ3v) is 0. The molecule has 0 aliphatic heterocycles. The smallest absolute Gasteiger partial charge is 0 e. The molecule has 4 radical (unpaired) electrons. The molecule has 6 heavy (non-hydrogen) atoms. The van der Waals surface area contributed by atoms with E-state index in [1.54, 1.807) is 0 Å². The minimum absolute atomic E-state index is 0. The molecule has 0 atom stereocenters. The fourth-order valence-corrected chi connectivity index (χ4v) is 0. The Morgan fingerprint density at radius 3 is 1.33 bits per heavy atom. The van der Waals surface area contributed by atoms with Gasteiger partial charge in [0.05, 0.1) is 0 Å². The molecule has 0 bridgehead atoms. The molecule has 0 unspecified atom stereocenters. The topological polar surface area (TPSA) is 63.2 Å². The van der Waals surface area contributed by atoms with E-state index < -0.39 is 11.4 Å². The molecule has 0 aliphatic rings. The quantitative estimate of drug-likeness (QED) is 0.394. The molecule has 38 valence electrons. The number of rotatable bonds is 0. The summed E-state index contributed by atoms with van der Waals surface area (Å²) < 4.78 is 25.3. The molecule has 0 aromatic rings. The minimum atomic E-state index is -3.11. The molecular weight excluding hydrogens is 211 g/mol. The van der Waals surface area contributed by atoms with Crippen molar-refractivity contribution in [1.82, 2.24) is 0 Å². The zero-order chi connectivity index (χ0) is 3.58. The van der Waals surface area contributed by atoms with Crippen LogP contribution in [0.1, 0.15) is 7.43 Å². The Morgan fingerprint density at radius 1 is 1.33 bits per heavy atom. The van der Waals surface area contributed by atoms with Gasteiger partial charge in [0, 0.05) is 23.9 Å². The minimum Gasteiger partial charge on any atom is -0.784 e.